The van der Waals surface area contributed by atoms with Crippen molar-refractivity contribution in [1.29, 1.82) is 0 Å². The molecule has 0 saturated carbocycles. The highest BCUT2D eigenvalue weighted by Crippen LogP contribution is 2.22. The standard InChI is InChI=1S/C16H26FN3O/c1-16(21)7-3-9-20(11-8-16)10-6-14(18-2)15-5-4-13(17)12-19-15/h4-5,12,14,18,21H,3,6-11H2,1-2H3. The number of aliphatic hydroxyl groups is 1. The number of likely N-dealkylation sites (tertiary alicyclic amines) is 1. The van der Waals surface area contributed by atoms with Gasteiger partial charge in [0, 0.05) is 13.1 Å². The second kappa shape index (κ2) is 7.29. The molecule has 1 fully saturated rings. The molecule has 2 unspecified atom stereocenters. The van der Waals surface area contributed by atoms with Crippen LogP contribution in [0.3, 0.4) is 0 Å². The highest BCUT2D eigenvalue weighted by atomic mass is 19.1. The molecule has 1 saturated heterocycles. The van der Waals surface area contributed by atoms with E-state index in [0.29, 0.717) is 0 Å². The van der Waals surface area contributed by atoms with Crippen LogP contribution in [0.4, 0.5) is 4.39 Å². The first-order chi connectivity index (χ1) is 10.00. The first-order valence-corrected chi connectivity index (χ1v) is 7.74. The number of pyridine rings is 1. The van der Waals surface area contributed by atoms with Gasteiger partial charge in [0.05, 0.1) is 23.5 Å². The van der Waals surface area contributed by atoms with Gasteiger partial charge < -0.3 is 15.3 Å². The van der Waals surface area contributed by atoms with Crippen LogP contribution in [0.1, 0.15) is 44.3 Å². The zero-order chi connectivity index (χ0) is 15.3. The molecule has 2 atom stereocenters. The molecule has 0 amide bonds. The second-order valence-electron chi connectivity index (χ2n) is 6.22. The number of hydrogen-bond donors (Lipinski definition) is 2. The molecule has 5 heteroatoms. The van der Waals surface area contributed by atoms with Gasteiger partial charge in [-0.3, -0.25) is 4.98 Å². The van der Waals surface area contributed by atoms with Crippen molar-refractivity contribution >= 4 is 0 Å². The third-order valence-electron chi connectivity index (χ3n) is 4.35. The molecule has 118 valence electrons. The Morgan fingerprint density at radius 2 is 2.24 bits per heavy atom. The van der Waals surface area contributed by atoms with E-state index in [-0.39, 0.29) is 11.9 Å². The predicted octanol–water partition coefficient (Wildman–Crippen LogP) is 2.11. The van der Waals surface area contributed by atoms with E-state index in [9.17, 15) is 9.50 Å². The molecule has 2 rings (SSSR count). The maximum absolute atomic E-state index is 12.9. The average Bonchev–Trinajstić information content (AvgIpc) is 2.62. The third kappa shape index (κ3) is 5.02. The summed E-state index contributed by atoms with van der Waals surface area (Å²) in [5.74, 6) is -0.302. The molecule has 1 aliphatic rings. The first-order valence-electron chi connectivity index (χ1n) is 7.74. The fourth-order valence-electron chi connectivity index (χ4n) is 2.89. The lowest BCUT2D eigenvalue weighted by Gasteiger charge is -2.24. The van der Waals surface area contributed by atoms with Crippen molar-refractivity contribution < 1.29 is 9.50 Å². The molecule has 21 heavy (non-hydrogen) atoms. The molecule has 1 aromatic heterocycles. The van der Waals surface area contributed by atoms with E-state index in [4.69, 9.17) is 0 Å². The Morgan fingerprint density at radius 1 is 1.43 bits per heavy atom. The van der Waals surface area contributed by atoms with E-state index in [0.717, 1.165) is 51.0 Å². The van der Waals surface area contributed by atoms with E-state index < -0.39 is 5.60 Å². The van der Waals surface area contributed by atoms with Gasteiger partial charge in [-0.15, -0.1) is 0 Å². The van der Waals surface area contributed by atoms with Crippen LogP contribution >= 0.6 is 0 Å². The summed E-state index contributed by atoms with van der Waals surface area (Å²) in [6, 6.07) is 3.33. The Kier molecular flexibility index (Phi) is 5.67. The molecule has 0 spiro atoms. The van der Waals surface area contributed by atoms with Crippen LogP contribution in [0.5, 0.6) is 0 Å². The molecule has 0 aliphatic carbocycles. The fraction of sp³-hybridized carbons (Fsp3) is 0.688. The minimum atomic E-state index is -0.518. The monoisotopic (exact) mass is 295 g/mol. The zero-order valence-corrected chi connectivity index (χ0v) is 13.0. The molecule has 0 aromatic carbocycles. The lowest BCUT2D eigenvalue weighted by atomic mass is 9.98. The van der Waals surface area contributed by atoms with Crippen molar-refractivity contribution in [2.24, 2.45) is 0 Å². The van der Waals surface area contributed by atoms with Gasteiger partial charge in [-0.25, -0.2) is 4.39 Å². The normalized spacial score (nSPS) is 25.5. The minimum absolute atomic E-state index is 0.134. The van der Waals surface area contributed by atoms with E-state index in [1.165, 1.54) is 12.3 Å². The molecule has 0 radical (unpaired) electrons. The smallest absolute Gasteiger partial charge is 0.141 e. The molecular weight excluding hydrogens is 269 g/mol. The predicted molar refractivity (Wildman–Crippen MR) is 81.5 cm³/mol. The van der Waals surface area contributed by atoms with Crippen LogP contribution in [0.15, 0.2) is 18.3 Å². The molecule has 2 heterocycles. The molecule has 1 aromatic rings. The number of nitrogens with one attached hydrogen (secondary N) is 1. The van der Waals surface area contributed by atoms with Crippen LogP contribution in [-0.4, -0.2) is 47.3 Å². The molecule has 1 aliphatic heterocycles. The molecular formula is C16H26FN3O. The Morgan fingerprint density at radius 3 is 2.90 bits per heavy atom. The van der Waals surface area contributed by atoms with E-state index in [1.807, 2.05) is 14.0 Å². The summed E-state index contributed by atoms with van der Waals surface area (Å²) in [4.78, 5) is 6.56. The number of halogens is 1. The van der Waals surface area contributed by atoms with Gasteiger partial charge in [-0.05, 0) is 58.3 Å². The van der Waals surface area contributed by atoms with Crippen LogP contribution in [0.2, 0.25) is 0 Å². The molecule has 4 nitrogen and oxygen atoms in total. The minimum Gasteiger partial charge on any atom is -0.390 e. The molecule has 2 N–H and O–H groups in total. The van der Waals surface area contributed by atoms with Crippen LogP contribution in [0, 0.1) is 5.82 Å². The maximum atomic E-state index is 12.9. The van der Waals surface area contributed by atoms with Gasteiger partial charge in [0.25, 0.3) is 0 Å². The summed E-state index contributed by atoms with van der Waals surface area (Å²) in [6.45, 7) is 4.85. The topological polar surface area (TPSA) is 48.4 Å². The van der Waals surface area contributed by atoms with Gasteiger partial charge >= 0.3 is 0 Å². The molecule has 0 bridgehead atoms. The van der Waals surface area contributed by atoms with Crippen molar-refractivity contribution in [1.82, 2.24) is 15.2 Å². The maximum Gasteiger partial charge on any atom is 0.141 e. The summed E-state index contributed by atoms with van der Waals surface area (Å²) in [5.41, 5.74) is 0.357. The zero-order valence-electron chi connectivity index (χ0n) is 13.0. The second-order valence-corrected chi connectivity index (χ2v) is 6.22. The Hall–Kier alpha value is -1.04. The van der Waals surface area contributed by atoms with Crippen molar-refractivity contribution in [2.75, 3.05) is 26.7 Å². The highest BCUT2D eigenvalue weighted by Gasteiger charge is 2.25. The summed E-state index contributed by atoms with van der Waals surface area (Å²) in [7, 11) is 1.91. The van der Waals surface area contributed by atoms with E-state index >= 15 is 0 Å². The lowest BCUT2D eigenvalue weighted by molar-refractivity contribution is 0.0445. The summed E-state index contributed by atoms with van der Waals surface area (Å²) >= 11 is 0. The number of aromatic nitrogens is 1. The third-order valence-corrected chi connectivity index (χ3v) is 4.35. The van der Waals surface area contributed by atoms with Gasteiger partial charge in [0.1, 0.15) is 5.82 Å². The Bertz CT molecular complexity index is 436. The van der Waals surface area contributed by atoms with Crippen LogP contribution < -0.4 is 5.32 Å². The van der Waals surface area contributed by atoms with Crippen LogP contribution in [0.25, 0.3) is 0 Å². The largest absolute Gasteiger partial charge is 0.390 e. The number of hydrogen-bond acceptors (Lipinski definition) is 4. The highest BCUT2D eigenvalue weighted by molar-refractivity contribution is 5.09. The Labute approximate surface area is 126 Å². The van der Waals surface area contributed by atoms with Crippen molar-refractivity contribution in [3.63, 3.8) is 0 Å². The van der Waals surface area contributed by atoms with Gasteiger partial charge in [-0.1, -0.05) is 0 Å². The summed E-state index contributed by atoms with van der Waals surface area (Å²) < 4.78 is 12.9. The SMILES string of the molecule is CNC(CCN1CCCC(C)(O)CC1)c1ccc(F)cn1. The quantitative estimate of drug-likeness (QED) is 0.873. The van der Waals surface area contributed by atoms with Crippen molar-refractivity contribution in [2.45, 2.75) is 44.2 Å². The van der Waals surface area contributed by atoms with E-state index in [1.54, 1.807) is 6.07 Å². The summed E-state index contributed by atoms with van der Waals surface area (Å²) in [6.07, 6.45) is 4.93. The first kappa shape index (κ1) is 16.3. The van der Waals surface area contributed by atoms with Gasteiger partial charge in [0.15, 0.2) is 0 Å². The number of rotatable bonds is 5. The lowest BCUT2D eigenvalue weighted by Crippen LogP contribution is -2.31. The van der Waals surface area contributed by atoms with Gasteiger partial charge in [0.2, 0.25) is 0 Å². The number of nitrogens with zero attached hydrogens (tertiary/aromatic N) is 2. The average molecular weight is 295 g/mol. The van der Waals surface area contributed by atoms with Crippen molar-refractivity contribution in [3.05, 3.63) is 29.8 Å². The Balaban J connectivity index is 1.87. The van der Waals surface area contributed by atoms with Crippen molar-refractivity contribution in [3.8, 4) is 0 Å². The van der Waals surface area contributed by atoms with Gasteiger partial charge in [-0.2, -0.15) is 0 Å². The van der Waals surface area contributed by atoms with Crippen LogP contribution in [-0.2, 0) is 0 Å². The van der Waals surface area contributed by atoms with E-state index in [2.05, 4.69) is 15.2 Å². The summed E-state index contributed by atoms with van der Waals surface area (Å²) in [5, 5.41) is 13.4. The fourth-order valence-corrected chi connectivity index (χ4v) is 2.89.